The maximum Gasteiger partial charge on any atom is 0.253 e. The van der Waals surface area contributed by atoms with Crippen molar-refractivity contribution in [1.29, 1.82) is 0 Å². The molecule has 0 fully saturated rings. The van der Waals surface area contributed by atoms with Crippen molar-refractivity contribution in [3.8, 4) is 0 Å². The van der Waals surface area contributed by atoms with Crippen LogP contribution in [0.4, 0.5) is 5.69 Å². The van der Waals surface area contributed by atoms with Crippen molar-refractivity contribution in [2.24, 2.45) is 0 Å². The van der Waals surface area contributed by atoms with Crippen LogP contribution in [0.3, 0.4) is 0 Å². The van der Waals surface area contributed by atoms with Gasteiger partial charge in [0.15, 0.2) is 0 Å². The molecule has 0 spiro atoms. The van der Waals surface area contributed by atoms with Gasteiger partial charge in [-0.2, -0.15) is 0 Å². The minimum absolute atomic E-state index is 0.0209. The molecule has 1 aromatic rings. The summed E-state index contributed by atoms with van der Waals surface area (Å²) in [5, 5.41) is 0. The Hall–Kier alpha value is -0.820. The Morgan fingerprint density at radius 1 is 1.59 bits per heavy atom. The number of carbonyl (C=O) groups is 1. The van der Waals surface area contributed by atoms with E-state index >= 15 is 0 Å². The number of nitrogen functional groups attached to an aromatic ring is 1. The molecule has 0 heterocycles. The topological polar surface area (TPSA) is 55.6 Å². The highest BCUT2D eigenvalue weighted by Gasteiger charge is 2.17. The lowest BCUT2D eigenvalue weighted by Gasteiger charge is -2.24. The Morgan fingerprint density at radius 2 is 2.24 bits per heavy atom. The molecule has 0 bridgehead atoms. The number of ether oxygens (including phenoxy) is 1. The molecular formula is C12H17IN2O2. The summed E-state index contributed by atoms with van der Waals surface area (Å²) in [5.41, 5.74) is 7.06. The van der Waals surface area contributed by atoms with Crippen molar-refractivity contribution in [1.82, 2.24) is 4.90 Å². The van der Waals surface area contributed by atoms with Gasteiger partial charge in [0.2, 0.25) is 0 Å². The quantitative estimate of drug-likeness (QED) is 0.669. The summed E-state index contributed by atoms with van der Waals surface area (Å²) >= 11 is 2.12. The molecule has 0 aromatic heterocycles. The summed E-state index contributed by atoms with van der Waals surface area (Å²) in [4.78, 5) is 13.8. The Labute approximate surface area is 115 Å². The first-order valence-electron chi connectivity index (χ1n) is 5.28. The third-order valence-corrected chi connectivity index (χ3v) is 3.57. The first-order valence-corrected chi connectivity index (χ1v) is 6.36. The average Bonchev–Trinajstić information content (AvgIpc) is 2.31. The largest absolute Gasteiger partial charge is 0.398 e. The molecule has 0 aliphatic rings. The monoisotopic (exact) mass is 348 g/mol. The predicted octanol–water partition coefficient (Wildman–Crippen LogP) is 1.98. The highest BCUT2D eigenvalue weighted by Crippen LogP contribution is 2.17. The third kappa shape index (κ3) is 3.57. The minimum Gasteiger partial charge on any atom is -0.398 e. The number of methoxy groups -OCH3 is 1. The van der Waals surface area contributed by atoms with Gasteiger partial charge in [-0.15, -0.1) is 0 Å². The fourth-order valence-electron chi connectivity index (χ4n) is 1.42. The van der Waals surface area contributed by atoms with Crippen molar-refractivity contribution in [2.45, 2.75) is 13.0 Å². The van der Waals surface area contributed by atoms with E-state index in [2.05, 4.69) is 22.6 Å². The van der Waals surface area contributed by atoms with E-state index in [9.17, 15) is 4.79 Å². The van der Waals surface area contributed by atoms with Gasteiger partial charge in [0, 0.05) is 29.0 Å². The van der Waals surface area contributed by atoms with Gasteiger partial charge >= 0.3 is 0 Å². The smallest absolute Gasteiger partial charge is 0.253 e. The number of likely N-dealkylation sites (N-methyl/N-ethyl adjacent to an activating group) is 1. The number of anilines is 1. The first kappa shape index (κ1) is 14.2. The zero-order chi connectivity index (χ0) is 13.0. The van der Waals surface area contributed by atoms with Crippen LogP contribution in [-0.4, -0.2) is 37.6 Å². The molecule has 1 rings (SSSR count). The molecule has 4 nitrogen and oxygen atoms in total. The second-order valence-electron chi connectivity index (χ2n) is 3.96. The summed E-state index contributed by atoms with van der Waals surface area (Å²) in [6.45, 7) is 2.47. The average molecular weight is 348 g/mol. The lowest BCUT2D eigenvalue weighted by atomic mass is 10.1. The molecule has 0 aliphatic carbocycles. The van der Waals surface area contributed by atoms with Crippen LogP contribution in [0.1, 0.15) is 17.3 Å². The molecule has 0 saturated carbocycles. The van der Waals surface area contributed by atoms with Crippen LogP contribution in [0.5, 0.6) is 0 Å². The second kappa shape index (κ2) is 6.20. The van der Waals surface area contributed by atoms with Crippen molar-refractivity contribution in [3.63, 3.8) is 0 Å². The molecule has 1 aromatic carbocycles. The number of hydrogen-bond acceptors (Lipinski definition) is 3. The normalized spacial score (nSPS) is 12.2. The van der Waals surface area contributed by atoms with E-state index in [-0.39, 0.29) is 11.9 Å². The van der Waals surface area contributed by atoms with Crippen LogP contribution in [0.15, 0.2) is 18.2 Å². The summed E-state index contributed by atoms with van der Waals surface area (Å²) in [6.07, 6.45) is 0. The molecule has 1 unspecified atom stereocenters. The van der Waals surface area contributed by atoms with E-state index in [0.29, 0.717) is 17.9 Å². The first-order chi connectivity index (χ1) is 7.97. The van der Waals surface area contributed by atoms with Crippen LogP contribution in [0.2, 0.25) is 0 Å². The van der Waals surface area contributed by atoms with E-state index in [4.69, 9.17) is 10.5 Å². The predicted molar refractivity (Wildman–Crippen MR) is 77.0 cm³/mol. The fourth-order valence-corrected chi connectivity index (χ4v) is 1.93. The van der Waals surface area contributed by atoms with Crippen LogP contribution in [0, 0.1) is 3.57 Å². The van der Waals surface area contributed by atoms with E-state index in [1.165, 1.54) is 0 Å². The van der Waals surface area contributed by atoms with E-state index in [1.807, 2.05) is 6.92 Å². The molecular weight excluding hydrogens is 331 g/mol. The lowest BCUT2D eigenvalue weighted by molar-refractivity contribution is 0.0633. The van der Waals surface area contributed by atoms with Crippen molar-refractivity contribution in [3.05, 3.63) is 27.3 Å². The third-order valence-electron chi connectivity index (χ3n) is 2.64. The zero-order valence-electron chi connectivity index (χ0n) is 10.2. The van der Waals surface area contributed by atoms with E-state index in [0.717, 1.165) is 3.57 Å². The standard InChI is InChI=1S/C12H17IN2O2/c1-8(7-17-3)15(2)12(16)9-4-5-11(14)10(13)6-9/h4-6,8H,7,14H2,1-3H3. The number of nitrogens with zero attached hydrogens (tertiary/aromatic N) is 1. The second-order valence-corrected chi connectivity index (χ2v) is 5.12. The summed E-state index contributed by atoms with van der Waals surface area (Å²) in [6, 6.07) is 5.34. The molecule has 94 valence electrons. The summed E-state index contributed by atoms with van der Waals surface area (Å²) in [7, 11) is 3.40. The maximum atomic E-state index is 12.2. The molecule has 0 radical (unpaired) electrons. The van der Waals surface area contributed by atoms with Gasteiger partial charge in [-0.25, -0.2) is 0 Å². The lowest BCUT2D eigenvalue weighted by Crippen LogP contribution is -2.37. The Balaban J connectivity index is 2.85. The maximum absolute atomic E-state index is 12.2. The number of amides is 1. The Morgan fingerprint density at radius 3 is 2.76 bits per heavy atom. The van der Waals surface area contributed by atoms with Crippen LogP contribution < -0.4 is 5.73 Å². The van der Waals surface area contributed by atoms with Gasteiger partial charge < -0.3 is 15.4 Å². The van der Waals surface area contributed by atoms with Gasteiger partial charge in [-0.05, 0) is 47.7 Å². The van der Waals surface area contributed by atoms with Crippen LogP contribution in [-0.2, 0) is 4.74 Å². The number of halogens is 1. The molecule has 1 atom stereocenters. The summed E-state index contributed by atoms with van der Waals surface area (Å²) < 4.78 is 5.93. The zero-order valence-corrected chi connectivity index (χ0v) is 12.4. The van der Waals surface area contributed by atoms with E-state index < -0.39 is 0 Å². The minimum atomic E-state index is -0.0209. The molecule has 17 heavy (non-hydrogen) atoms. The van der Waals surface area contributed by atoms with Gasteiger partial charge in [0.1, 0.15) is 0 Å². The molecule has 0 saturated heterocycles. The molecule has 1 amide bonds. The van der Waals surface area contributed by atoms with Gasteiger partial charge in [-0.1, -0.05) is 0 Å². The number of hydrogen-bond donors (Lipinski definition) is 1. The number of rotatable bonds is 4. The Bertz CT molecular complexity index is 409. The number of nitrogens with two attached hydrogens (primary N) is 1. The summed E-state index contributed by atoms with van der Waals surface area (Å²) in [5.74, 6) is -0.0209. The highest BCUT2D eigenvalue weighted by molar-refractivity contribution is 14.1. The molecule has 0 aliphatic heterocycles. The van der Waals surface area contributed by atoms with Gasteiger partial charge in [-0.3, -0.25) is 4.79 Å². The van der Waals surface area contributed by atoms with Gasteiger partial charge in [0.25, 0.3) is 5.91 Å². The number of benzene rings is 1. The molecule has 5 heteroatoms. The van der Waals surface area contributed by atoms with Crippen LogP contribution in [0.25, 0.3) is 0 Å². The van der Waals surface area contributed by atoms with Crippen molar-refractivity contribution >= 4 is 34.2 Å². The number of carbonyl (C=O) groups excluding carboxylic acids is 1. The fraction of sp³-hybridized carbons (Fsp3) is 0.417. The highest BCUT2D eigenvalue weighted by atomic mass is 127. The van der Waals surface area contributed by atoms with Gasteiger partial charge in [0.05, 0.1) is 12.6 Å². The SMILES string of the molecule is COCC(C)N(C)C(=O)c1ccc(N)c(I)c1. The Kier molecular flexibility index (Phi) is 5.20. The van der Waals surface area contributed by atoms with Crippen molar-refractivity contribution < 1.29 is 9.53 Å². The van der Waals surface area contributed by atoms with Crippen molar-refractivity contribution in [2.75, 3.05) is 26.5 Å². The molecule has 2 N–H and O–H groups in total. The van der Waals surface area contributed by atoms with E-state index in [1.54, 1.807) is 37.3 Å². The van der Waals surface area contributed by atoms with Crippen LogP contribution >= 0.6 is 22.6 Å².